The highest BCUT2D eigenvalue weighted by Gasteiger charge is 2.49. The van der Waals surface area contributed by atoms with Crippen molar-refractivity contribution < 1.29 is 38.2 Å². The molecule has 2 heterocycles. The third-order valence-electron chi connectivity index (χ3n) is 8.28. The van der Waals surface area contributed by atoms with E-state index in [1.165, 1.54) is 12.0 Å². The lowest BCUT2D eigenvalue weighted by Crippen LogP contribution is -2.63. The van der Waals surface area contributed by atoms with E-state index in [9.17, 15) is 24.0 Å². The van der Waals surface area contributed by atoms with E-state index in [1.54, 1.807) is 44.9 Å². The first kappa shape index (κ1) is 38.8. The third-order valence-corrected chi connectivity index (χ3v) is 8.28. The summed E-state index contributed by atoms with van der Waals surface area (Å²) < 4.78 is 18.4. The number of likely N-dealkylation sites (tertiary alicyclic amines) is 1. The van der Waals surface area contributed by atoms with E-state index in [-0.39, 0.29) is 25.3 Å². The van der Waals surface area contributed by atoms with Crippen LogP contribution in [0.25, 0.3) is 0 Å². The molecule has 0 unspecified atom stereocenters. The molecule has 14 heteroatoms. The molecule has 3 rings (SSSR count). The lowest BCUT2D eigenvalue weighted by atomic mass is 9.93. The summed E-state index contributed by atoms with van der Waals surface area (Å²) in [5, 5.41) is 8.54. The molecule has 1 aliphatic heterocycles. The Balaban J connectivity index is 1.92. The maximum Gasteiger partial charge on any atom is 0.408 e. The molecule has 4 atom stereocenters. The van der Waals surface area contributed by atoms with Crippen molar-refractivity contribution in [3.05, 3.63) is 18.2 Å². The van der Waals surface area contributed by atoms with Crippen molar-refractivity contribution in [3.63, 3.8) is 0 Å². The number of nitrogens with one attached hydrogen (secondary N) is 3. The first-order chi connectivity index (χ1) is 22.2. The highest BCUT2D eigenvalue weighted by atomic mass is 16.6. The molecule has 0 aromatic carbocycles. The summed E-state index contributed by atoms with van der Waals surface area (Å²) in [5.74, 6) is -1.91. The van der Waals surface area contributed by atoms with Crippen LogP contribution in [-0.2, 0) is 46.9 Å². The smallest absolute Gasteiger partial charge is 0.408 e. The minimum Gasteiger partial charge on any atom is -0.467 e. The summed E-state index contributed by atoms with van der Waals surface area (Å²) in [6.07, 6.45) is 4.89. The van der Waals surface area contributed by atoms with Gasteiger partial charge in [-0.3, -0.25) is 14.4 Å². The number of aryl methyl sites for hydroxylation is 1. The molecule has 0 bridgehead atoms. The molecule has 1 saturated heterocycles. The number of imidazole rings is 1. The number of rotatable bonds is 12. The Kier molecular flexibility index (Phi) is 12.7. The molecular formula is C34H56N6O8. The molecule has 2 fully saturated rings. The number of nitrogens with zero attached hydrogens (tertiary/aromatic N) is 3. The van der Waals surface area contributed by atoms with Crippen molar-refractivity contribution in [2.45, 2.75) is 141 Å². The van der Waals surface area contributed by atoms with Crippen LogP contribution in [0.4, 0.5) is 4.79 Å². The number of carbonyl (C=O) groups excluding carboxylic acids is 5. The monoisotopic (exact) mass is 676 g/mol. The van der Waals surface area contributed by atoms with Crippen molar-refractivity contribution in [2.24, 2.45) is 13.0 Å². The Morgan fingerprint density at radius 3 is 2.17 bits per heavy atom. The van der Waals surface area contributed by atoms with Gasteiger partial charge in [0.15, 0.2) is 0 Å². The van der Waals surface area contributed by atoms with Gasteiger partial charge in [-0.15, -0.1) is 0 Å². The predicted octanol–water partition coefficient (Wildman–Crippen LogP) is 2.77. The lowest BCUT2D eigenvalue weighted by molar-refractivity contribution is -0.147. The molecule has 4 amide bonds. The molecule has 3 N–H and O–H groups in total. The number of alkyl carbamates (subject to hydrolysis) is 1. The van der Waals surface area contributed by atoms with Gasteiger partial charge in [0, 0.05) is 32.6 Å². The van der Waals surface area contributed by atoms with Crippen LogP contribution in [0.15, 0.2) is 12.5 Å². The van der Waals surface area contributed by atoms with Crippen LogP contribution < -0.4 is 16.0 Å². The second kappa shape index (κ2) is 15.7. The Labute approximate surface area is 284 Å². The molecule has 1 aromatic heterocycles. The van der Waals surface area contributed by atoms with Crippen LogP contribution in [0.3, 0.4) is 0 Å². The Bertz CT molecular complexity index is 1310. The van der Waals surface area contributed by atoms with Gasteiger partial charge in [-0.05, 0) is 66.7 Å². The van der Waals surface area contributed by atoms with E-state index in [1.807, 2.05) is 34.6 Å². The van der Waals surface area contributed by atoms with Crippen molar-refractivity contribution in [1.29, 1.82) is 0 Å². The van der Waals surface area contributed by atoms with Crippen molar-refractivity contribution >= 4 is 29.8 Å². The van der Waals surface area contributed by atoms with Gasteiger partial charge in [-0.1, -0.05) is 26.7 Å². The number of ether oxygens (including phenoxy) is 3. The second-order valence-electron chi connectivity index (χ2n) is 15.5. The van der Waals surface area contributed by atoms with Gasteiger partial charge in [0.2, 0.25) is 17.7 Å². The van der Waals surface area contributed by atoms with Crippen LogP contribution in [0.2, 0.25) is 0 Å². The number of carbonyl (C=O) groups is 5. The van der Waals surface area contributed by atoms with Crippen LogP contribution >= 0.6 is 0 Å². The van der Waals surface area contributed by atoms with Crippen LogP contribution in [0.5, 0.6) is 0 Å². The van der Waals surface area contributed by atoms with Crippen LogP contribution in [-0.4, -0.2) is 98.9 Å². The quantitative estimate of drug-likeness (QED) is 0.282. The molecule has 270 valence electrons. The zero-order chi connectivity index (χ0) is 36.0. The van der Waals surface area contributed by atoms with E-state index in [4.69, 9.17) is 14.2 Å². The standard InChI is InChI=1S/C34H56N6O8/c1-21(2)15-25(29(43)46-10)36-30(44)34(13-11-12-14-34)38-27(41)26-17-23(47-32(3,4)5)19-40(26)28(42)24(16-22-18-39(9)20-35-22)37-31(45)48-33(6,7)8/h18,20-21,23-26H,11-17,19H2,1-10H3,(H,36,44)(H,37,45)(H,38,41)/t23-,24+,25+,26+/m1/s1. The zero-order valence-electron chi connectivity index (χ0n) is 30.3. The number of aromatic nitrogens is 2. The third kappa shape index (κ3) is 10.9. The molecule has 0 spiro atoms. The van der Waals surface area contributed by atoms with Crippen LogP contribution in [0.1, 0.15) is 99.6 Å². The molecule has 14 nitrogen and oxygen atoms in total. The first-order valence-corrected chi connectivity index (χ1v) is 16.9. The SMILES string of the molecule is COC(=O)[C@H](CC(C)C)NC(=O)C1(NC(=O)[C@@H]2C[C@@H](OC(C)(C)C)CN2C(=O)[C@H](Cc2cn(C)cn2)NC(=O)OC(C)(C)C)CCCC1. The second-order valence-corrected chi connectivity index (χ2v) is 15.5. The fraction of sp³-hybridized carbons (Fsp3) is 0.765. The number of hydrogen-bond donors (Lipinski definition) is 3. The largest absolute Gasteiger partial charge is 0.467 e. The van der Waals surface area contributed by atoms with Gasteiger partial charge in [0.25, 0.3) is 0 Å². The minimum atomic E-state index is -1.26. The Morgan fingerprint density at radius 2 is 1.65 bits per heavy atom. The fourth-order valence-corrected chi connectivity index (χ4v) is 6.34. The molecule has 1 saturated carbocycles. The summed E-state index contributed by atoms with van der Waals surface area (Å²) in [7, 11) is 3.07. The lowest BCUT2D eigenvalue weighted by Gasteiger charge is -2.34. The van der Waals surface area contributed by atoms with Gasteiger partial charge < -0.3 is 39.6 Å². The number of esters is 1. The van der Waals surface area contributed by atoms with Gasteiger partial charge in [-0.25, -0.2) is 14.6 Å². The molecule has 1 aliphatic carbocycles. The summed E-state index contributed by atoms with van der Waals surface area (Å²) in [5.41, 5.74) is -2.06. The predicted molar refractivity (Wildman–Crippen MR) is 178 cm³/mol. The van der Waals surface area contributed by atoms with E-state index in [0.717, 1.165) is 0 Å². The van der Waals surface area contributed by atoms with Gasteiger partial charge in [0.05, 0.1) is 30.8 Å². The van der Waals surface area contributed by atoms with E-state index < -0.39 is 70.8 Å². The summed E-state index contributed by atoms with van der Waals surface area (Å²) in [6.45, 7) is 14.8. The van der Waals surface area contributed by atoms with Crippen LogP contribution in [0, 0.1) is 5.92 Å². The van der Waals surface area contributed by atoms with Gasteiger partial charge in [0.1, 0.15) is 29.3 Å². The normalized spacial score (nSPS) is 20.6. The number of hydrogen-bond acceptors (Lipinski definition) is 9. The van der Waals surface area contributed by atoms with Crippen molar-refractivity contribution in [2.75, 3.05) is 13.7 Å². The van der Waals surface area contributed by atoms with E-state index in [0.29, 0.717) is 37.8 Å². The molecule has 2 aliphatic rings. The first-order valence-electron chi connectivity index (χ1n) is 16.9. The maximum absolute atomic E-state index is 14.3. The molecular weight excluding hydrogens is 620 g/mol. The van der Waals surface area contributed by atoms with E-state index >= 15 is 0 Å². The highest BCUT2D eigenvalue weighted by Crippen LogP contribution is 2.32. The van der Waals surface area contributed by atoms with Gasteiger partial charge >= 0.3 is 12.1 Å². The number of amides is 4. The molecule has 48 heavy (non-hydrogen) atoms. The maximum atomic E-state index is 14.3. The number of methoxy groups -OCH3 is 1. The Morgan fingerprint density at radius 1 is 1.00 bits per heavy atom. The topological polar surface area (TPSA) is 170 Å². The van der Waals surface area contributed by atoms with Crippen molar-refractivity contribution in [1.82, 2.24) is 30.4 Å². The van der Waals surface area contributed by atoms with E-state index in [2.05, 4.69) is 20.9 Å². The highest BCUT2D eigenvalue weighted by molar-refractivity contribution is 5.97. The average Bonchev–Trinajstić information content (AvgIpc) is 3.70. The molecule has 1 aromatic rings. The summed E-state index contributed by atoms with van der Waals surface area (Å²) >= 11 is 0. The Hall–Kier alpha value is -3.68. The summed E-state index contributed by atoms with van der Waals surface area (Å²) in [6, 6.07) is -2.95. The zero-order valence-corrected chi connectivity index (χ0v) is 30.3. The van der Waals surface area contributed by atoms with Crippen molar-refractivity contribution in [3.8, 4) is 0 Å². The molecule has 0 radical (unpaired) electrons. The minimum absolute atomic E-state index is 0.0612. The summed E-state index contributed by atoms with van der Waals surface area (Å²) in [4.78, 5) is 73.6. The van der Waals surface area contributed by atoms with Gasteiger partial charge in [-0.2, -0.15) is 0 Å². The average molecular weight is 677 g/mol. The fourth-order valence-electron chi connectivity index (χ4n) is 6.34.